The van der Waals surface area contributed by atoms with Crippen LogP contribution in [0.15, 0.2) is 18.2 Å². The fraction of sp³-hybridized carbons (Fsp3) is 0.522. The van der Waals surface area contributed by atoms with Crippen LogP contribution in [0.25, 0.3) is 0 Å². The second-order valence-corrected chi connectivity index (χ2v) is 8.71. The fourth-order valence-corrected chi connectivity index (χ4v) is 4.32. The first kappa shape index (κ1) is 27.4. The normalized spacial score (nSPS) is 19.3. The van der Waals surface area contributed by atoms with Crippen LogP contribution in [0.4, 0.5) is 15.3 Å². The second-order valence-electron chi connectivity index (χ2n) is 7.86. The fourth-order valence-electron chi connectivity index (χ4n) is 3.87. The molecule has 6 nitrogen and oxygen atoms in total. The number of carbonyl (C=O) groups is 2. The van der Waals surface area contributed by atoms with E-state index >= 15 is 0 Å². The number of rotatable bonds is 4. The summed E-state index contributed by atoms with van der Waals surface area (Å²) in [6, 6.07) is 5.81. The maximum Gasteiger partial charge on any atom is 0.321 e. The van der Waals surface area contributed by atoms with Gasteiger partial charge < -0.3 is 20.9 Å². The predicted octanol–water partition coefficient (Wildman–Crippen LogP) is 6.08. The molecule has 171 valence electrons. The molecule has 1 aliphatic heterocycles. The number of likely N-dealkylation sites (tertiary alicyclic amines) is 1. The van der Waals surface area contributed by atoms with Crippen molar-refractivity contribution in [2.24, 2.45) is 5.92 Å². The van der Waals surface area contributed by atoms with Gasteiger partial charge in [0.15, 0.2) is 0 Å². The van der Waals surface area contributed by atoms with E-state index in [1.165, 1.54) is 19.3 Å². The molecule has 0 spiro atoms. The molecular formula is C23H33Cl2N4O2. The Kier molecular flexibility index (Phi) is 12.1. The van der Waals surface area contributed by atoms with Gasteiger partial charge in [-0.2, -0.15) is 0 Å². The molecule has 31 heavy (non-hydrogen) atoms. The van der Waals surface area contributed by atoms with Crippen molar-refractivity contribution < 1.29 is 9.59 Å². The van der Waals surface area contributed by atoms with Crippen LogP contribution in [0.5, 0.6) is 0 Å². The van der Waals surface area contributed by atoms with E-state index in [-0.39, 0.29) is 32.8 Å². The van der Waals surface area contributed by atoms with Gasteiger partial charge in [0.05, 0.1) is 16.8 Å². The average molecular weight is 468 g/mol. The SMILES string of the molecule is O=C(NCC1CCN(C(=O)Nc2ccc(Cl)cc2Cl)C1)N[C]1CCCCCCC1.[CH2].[CH2]. The number of halogens is 2. The van der Waals surface area contributed by atoms with Gasteiger partial charge in [-0.25, -0.2) is 9.59 Å². The van der Waals surface area contributed by atoms with Crippen LogP contribution >= 0.6 is 23.2 Å². The van der Waals surface area contributed by atoms with Crippen LogP contribution in [0.3, 0.4) is 0 Å². The van der Waals surface area contributed by atoms with Crippen molar-refractivity contribution in [3.8, 4) is 0 Å². The molecule has 3 N–H and O–H groups in total. The van der Waals surface area contributed by atoms with E-state index in [1.807, 2.05) is 0 Å². The van der Waals surface area contributed by atoms with Crippen LogP contribution in [0.1, 0.15) is 51.4 Å². The highest BCUT2D eigenvalue weighted by atomic mass is 35.5. The first-order chi connectivity index (χ1) is 14.0. The first-order valence-electron chi connectivity index (χ1n) is 10.4. The maximum atomic E-state index is 12.5. The van der Waals surface area contributed by atoms with Crippen LogP contribution in [-0.2, 0) is 0 Å². The van der Waals surface area contributed by atoms with E-state index in [1.54, 1.807) is 23.1 Å². The van der Waals surface area contributed by atoms with E-state index in [9.17, 15) is 9.59 Å². The van der Waals surface area contributed by atoms with Crippen molar-refractivity contribution in [1.82, 2.24) is 15.5 Å². The van der Waals surface area contributed by atoms with Gasteiger partial charge in [-0.3, -0.25) is 0 Å². The van der Waals surface area contributed by atoms with Crippen molar-refractivity contribution in [1.29, 1.82) is 0 Å². The van der Waals surface area contributed by atoms with Gasteiger partial charge in [0.2, 0.25) is 0 Å². The Balaban J connectivity index is 0.00000240. The summed E-state index contributed by atoms with van der Waals surface area (Å²) >= 11 is 12.0. The Bertz CT molecular complexity index is 709. The monoisotopic (exact) mass is 467 g/mol. The zero-order valence-electron chi connectivity index (χ0n) is 18.0. The molecule has 1 saturated carbocycles. The minimum atomic E-state index is -0.189. The van der Waals surface area contributed by atoms with E-state index in [4.69, 9.17) is 23.2 Å². The number of nitrogens with zero attached hydrogens (tertiary/aromatic N) is 1. The summed E-state index contributed by atoms with van der Waals surface area (Å²) in [5, 5.41) is 9.76. The number of hydrogen-bond donors (Lipinski definition) is 3. The van der Waals surface area contributed by atoms with Gasteiger partial charge in [-0.15, -0.1) is 0 Å². The molecule has 1 atom stereocenters. The van der Waals surface area contributed by atoms with Crippen molar-refractivity contribution in [2.75, 3.05) is 25.0 Å². The van der Waals surface area contributed by atoms with Crippen molar-refractivity contribution >= 4 is 41.0 Å². The smallest absolute Gasteiger partial charge is 0.321 e. The number of nitrogens with one attached hydrogen (secondary N) is 3. The molecule has 1 aromatic carbocycles. The lowest BCUT2D eigenvalue weighted by atomic mass is 9.97. The molecule has 1 saturated heterocycles. The second kappa shape index (κ2) is 13.7. The standard InChI is InChI=1S/C21H29Cl2N4O2.2CH2/c22-16-8-9-19(18(23)12-16)26-21(29)27-11-10-15(14-27)13-24-20(28)25-17-6-4-2-1-3-5-7-17;;/h8-9,12,15H,1-7,10-11,13-14H2,(H,26,29)(H2,24,25,28);2*1H2. The molecule has 1 unspecified atom stereocenters. The van der Waals surface area contributed by atoms with E-state index in [0.717, 1.165) is 38.1 Å². The highest BCUT2D eigenvalue weighted by Gasteiger charge is 2.27. The van der Waals surface area contributed by atoms with Crippen molar-refractivity contribution in [3.63, 3.8) is 0 Å². The Morgan fingerprint density at radius 1 is 1.00 bits per heavy atom. The van der Waals surface area contributed by atoms with Crippen LogP contribution in [-0.4, -0.2) is 36.6 Å². The highest BCUT2D eigenvalue weighted by Crippen LogP contribution is 2.26. The Morgan fingerprint density at radius 3 is 2.35 bits per heavy atom. The summed E-state index contributed by atoms with van der Waals surface area (Å²) < 4.78 is 0. The quantitative estimate of drug-likeness (QED) is 0.501. The van der Waals surface area contributed by atoms with E-state index in [0.29, 0.717) is 35.4 Å². The molecule has 1 aromatic rings. The number of urea groups is 2. The van der Waals surface area contributed by atoms with Gasteiger partial charge in [-0.1, -0.05) is 70.2 Å². The molecule has 8 heteroatoms. The first-order valence-corrected chi connectivity index (χ1v) is 11.2. The molecule has 0 bridgehead atoms. The number of amides is 4. The van der Waals surface area contributed by atoms with Gasteiger partial charge in [-0.05, 0) is 43.4 Å². The number of anilines is 1. The van der Waals surface area contributed by atoms with Gasteiger partial charge in [0.1, 0.15) is 0 Å². The predicted molar refractivity (Wildman–Crippen MR) is 128 cm³/mol. The Morgan fingerprint density at radius 2 is 1.68 bits per heavy atom. The summed E-state index contributed by atoms with van der Waals surface area (Å²) in [5.41, 5.74) is 0.540. The molecule has 4 amide bonds. The lowest BCUT2D eigenvalue weighted by Crippen LogP contribution is -2.41. The summed E-state index contributed by atoms with van der Waals surface area (Å²) in [6.45, 7) is 1.82. The van der Waals surface area contributed by atoms with Gasteiger partial charge >= 0.3 is 12.1 Å². The minimum absolute atomic E-state index is 0. The average Bonchev–Trinajstić information content (AvgIpc) is 3.14. The topological polar surface area (TPSA) is 73.5 Å². The molecule has 3 rings (SSSR count). The Hall–Kier alpha value is -1.66. The number of carbonyl (C=O) groups excluding carboxylic acids is 2. The number of hydrogen-bond acceptors (Lipinski definition) is 2. The third-order valence-corrected chi connectivity index (χ3v) is 6.09. The van der Waals surface area contributed by atoms with E-state index in [2.05, 4.69) is 16.0 Å². The van der Waals surface area contributed by atoms with Gasteiger partial charge in [0, 0.05) is 24.7 Å². The Labute approximate surface area is 197 Å². The zero-order valence-corrected chi connectivity index (χ0v) is 19.5. The third kappa shape index (κ3) is 8.77. The minimum Gasteiger partial charge on any atom is -0.338 e. The van der Waals surface area contributed by atoms with Crippen LogP contribution in [0, 0.1) is 26.8 Å². The number of benzene rings is 1. The molecule has 2 aliphatic rings. The molecule has 0 aromatic heterocycles. The molecule has 1 heterocycles. The lowest BCUT2D eigenvalue weighted by molar-refractivity contribution is 0.220. The van der Waals surface area contributed by atoms with E-state index < -0.39 is 0 Å². The lowest BCUT2D eigenvalue weighted by Gasteiger charge is -2.21. The van der Waals surface area contributed by atoms with Crippen LogP contribution in [0.2, 0.25) is 10.0 Å². The molecular weight excluding hydrogens is 435 g/mol. The van der Waals surface area contributed by atoms with Crippen molar-refractivity contribution in [3.05, 3.63) is 49.1 Å². The molecule has 5 radical (unpaired) electrons. The summed E-state index contributed by atoms with van der Waals surface area (Å²) in [6.07, 6.45) is 8.92. The highest BCUT2D eigenvalue weighted by molar-refractivity contribution is 6.36. The van der Waals surface area contributed by atoms with Crippen molar-refractivity contribution in [2.45, 2.75) is 51.4 Å². The summed E-state index contributed by atoms with van der Waals surface area (Å²) in [5.74, 6) is 0.245. The summed E-state index contributed by atoms with van der Waals surface area (Å²) in [7, 11) is 0. The van der Waals surface area contributed by atoms with Gasteiger partial charge in [0.25, 0.3) is 0 Å². The van der Waals surface area contributed by atoms with Crippen LogP contribution < -0.4 is 16.0 Å². The third-order valence-electron chi connectivity index (χ3n) is 5.54. The molecule has 1 aliphatic carbocycles. The zero-order chi connectivity index (χ0) is 20.6. The maximum absolute atomic E-state index is 12.5. The summed E-state index contributed by atoms with van der Waals surface area (Å²) in [4.78, 5) is 26.5. The largest absolute Gasteiger partial charge is 0.338 e. The molecule has 2 fully saturated rings.